The molecule has 0 bridgehead atoms. The molecule has 0 spiro atoms. The second-order valence-corrected chi connectivity index (χ2v) is 5.89. The lowest BCUT2D eigenvalue weighted by molar-refractivity contribution is -0.136. The molecule has 0 radical (unpaired) electrons. The van der Waals surface area contributed by atoms with E-state index in [4.69, 9.17) is 5.11 Å². The highest BCUT2D eigenvalue weighted by Gasteiger charge is 2.09. The van der Waals surface area contributed by atoms with Gasteiger partial charge in [0.2, 0.25) is 0 Å². The monoisotopic (exact) mass is 254 g/mol. The van der Waals surface area contributed by atoms with Crippen molar-refractivity contribution in [1.82, 2.24) is 0 Å². The van der Waals surface area contributed by atoms with Crippen molar-refractivity contribution in [2.75, 3.05) is 5.75 Å². The van der Waals surface area contributed by atoms with E-state index in [-0.39, 0.29) is 12.2 Å². The SMILES string of the molecule is Cc1cc(C)c(CS(=O)CCC(=O)O)c(C)c1. The molecule has 1 rings (SSSR count). The van der Waals surface area contributed by atoms with Crippen molar-refractivity contribution >= 4 is 16.8 Å². The number of hydrogen-bond donors (Lipinski definition) is 1. The number of carbonyl (C=O) groups is 1. The fourth-order valence-corrected chi connectivity index (χ4v) is 3.20. The number of hydrogen-bond acceptors (Lipinski definition) is 2. The first-order valence-corrected chi connectivity index (χ1v) is 7.02. The van der Waals surface area contributed by atoms with Crippen molar-refractivity contribution < 1.29 is 14.1 Å². The van der Waals surface area contributed by atoms with E-state index >= 15 is 0 Å². The standard InChI is InChI=1S/C13H18O3S/c1-9-6-10(2)12(11(3)7-9)8-17(16)5-4-13(14)15/h6-7H,4-5,8H2,1-3H3,(H,14,15). The third-order valence-corrected chi connectivity index (χ3v) is 3.96. The van der Waals surface area contributed by atoms with Gasteiger partial charge < -0.3 is 5.11 Å². The molecule has 0 aliphatic carbocycles. The van der Waals surface area contributed by atoms with Gasteiger partial charge in [0.05, 0.1) is 6.42 Å². The van der Waals surface area contributed by atoms with Crippen molar-refractivity contribution in [2.45, 2.75) is 32.9 Å². The molecule has 1 aromatic carbocycles. The van der Waals surface area contributed by atoms with Crippen LogP contribution >= 0.6 is 0 Å². The van der Waals surface area contributed by atoms with Crippen LogP contribution in [0, 0.1) is 20.8 Å². The fraction of sp³-hybridized carbons (Fsp3) is 0.462. The van der Waals surface area contributed by atoms with Crippen molar-refractivity contribution in [3.63, 3.8) is 0 Å². The zero-order valence-corrected chi connectivity index (χ0v) is 11.3. The molecule has 1 N–H and O–H groups in total. The van der Waals surface area contributed by atoms with Gasteiger partial charge in [0.1, 0.15) is 0 Å². The Kier molecular flexibility index (Phi) is 4.87. The molecule has 0 heterocycles. The van der Waals surface area contributed by atoms with Crippen molar-refractivity contribution in [3.8, 4) is 0 Å². The number of rotatable bonds is 5. The van der Waals surface area contributed by atoms with Crippen LogP contribution in [0.1, 0.15) is 28.7 Å². The summed E-state index contributed by atoms with van der Waals surface area (Å²) in [6, 6.07) is 4.13. The molecule has 0 aliphatic heterocycles. The normalized spacial score (nSPS) is 12.4. The summed E-state index contributed by atoms with van der Waals surface area (Å²) in [6.07, 6.45) is -0.0312. The first-order valence-electron chi connectivity index (χ1n) is 5.53. The Balaban J connectivity index is 2.75. The number of benzene rings is 1. The smallest absolute Gasteiger partial charge is 0.304 e. The molecule has 3 nitrogen and oxygen atoms in total. The van der Waals surface area contributed by atoms with Crippen LogP contribution in [0.25, 0.3) is 0 Å². The summed E-state index contributed by atoms with van der Waals surface area (Å²) in [6.45, 7) is 6.04. The van der Waals surface area contributed by atoms with Gasteiger partial charge in [-0.15, -0.1) is 0 Å². The molecule has 0 saturated heterocycles. The third-order valence-electron chi connectivity index (χ3n) is 2.69. The highest BCUT2D eigenvalue weighted by Crippen LogP contribution is 2.18. The molecule has 1 unspecified atom stereocenters. The van der Waals surface area contributed by atoms with E-state index in [1.165, 1.54) is 5.56 Å². The fourth-order valence-electron chi connectivity index (χ4n) is 1.87. The zero-order valence-electron chi connectivity index (χ0n) is 10.4. The largest absolute Gasteiger partial charge is 0.481 e. The summed E-state index contributed by atoms with van der Waals surface area (Å²) in [5.74, 6) is -0.219. The van der Waals surface area contributed by atoms with Crippen LogP contribution < -0.4 is 0 Å². The van der Waals surface area contributed by atoms with Crippen LogP contribution in [0.2, 0.25) is 0 Å². The minimum absolute atomic E-state index is 0.0312. The predicted octanol–water partition coefficient (Wildman–Crippen LogP) is 2.34. The maximum absolute atomic E-state index is 11.8. The molecular weight excluding hydrogens is 236 g/mol. The number of aryl methyl sites for hydroxylation is 3. The molecule has 0 aromatic heterocycles. The average molecular weight is 254 g/mol. The molecule has 94 valence electrons. The van der Waals surface area contributed by atoms with Crippen molar-refractivity contribution in [3.05, 3.63) is 34.4 Å². The predicted molar refractivity (Wildman–Crippen MR) is 69.6 cm³/mol. The first-order chi connectivity index (χ1) is 7.90. The summed E-state index contributed by atoms with van der Waals surface area (Å²) in [5.41, 5.74) is 4.54. The molecule has 1 aromatic rings. The van der Waals surface area contributed by atoms with Gasteiger partial charge in [-0.25, -0.2) is 0 Å². The van der Waals surface area contributed by atoms with E-state index in [1.54, 1.807) is 0 Å². The summed E-state index contributed by atoms with van der Waals surface area (Å²) in [4.78, 5) is 10.4. The average Bonchev–Trinajstić information content (AvgIpc) is 2.20. The van der Waals surface area contributed by atoms with Crippen molar-refractivity contribution in [1.29, 1.82) is 0 Å². The Bertz CT molecular complexity index is 429. The van der Waals surface area contributed by atoms with Crippen LogP contribution in [0.5, 0.6) is 0 Å². The molecular formula is C13H18O3S. The summed E-state index contributed by atoms with van der Waals surface area (Å²) in [7, 11) is -1.10. The second-order valence-electron chi connectivity index (χ2n) is 4.31. The summed E-state index contributed by atoms with van der Waals surface area (Å²) in [5, 5.41) is 8.54. The third kappa shape index (κ3) is 4.30. The van der Waals surface area contributed by atoms with Crippen molar-refractivity contribution in [2.24, 2.45) is 0 Å². The first kappa shape index (κ1) is 13.9. The van der Waals surface area contributed by atoms with Crippen LogP contribution in [-0.4, -0.2) is 21.0 Å². The van der Waals surface area contributed by atoms with Gasteiger partial charge in [0.15, 0.2) is 0 Å². The van der Waals surface area contributed by atoms with Gasteiger partial charge in [-0.2, -0.15) is 0 Å². The molecule has 1 atom stereocenters. The van der Waals surface area contributed by atoms with Crippen LogP contribution in [0.15, 0.2) is 12.1 Å². The Morgan fingerprint density at radius 1 is 1.24 bits per heavy atom. The lowest BCUT2D eigenvalue weighted by Gasteiger charge is -2.10. The molecule has 0 saturated carbocycles. The molecule has 0 amide bonds. The maximum Gasteiger partial charge on any atom is 0.304 e. The summed E-state index contributed by atoms with van der Waals surface area (Å²) < 4.78 is 11.8. The van der Waals surface area contributed by atoms with E-state index < -0.39 is 16.8 Å². The van der Waals surface area contributed by atoms with Crippen LogP contribution in [0.3, 0.4) is 0 Å². The molecule has 0 aliphatic rings. The lowest BCUT2D eigenvalue weighted by atomic mass is 10.0. The Labute approximate surface area is 104 Å². The van der Waals surface area contributed by atoms with Gasteiger partial charge in [0, 0.05) is 22.3 Å². The quantitative estimate of drug-likeness (QED) is 0.877. The minimum atomic E-state index is -1.10. The number of aliphatic carboxylic acids is 1. The lowest BCUT2D eigenvalue weighted by Crippen LogP contribution is -2.08. The highest BCUT2D eigenvalue weighted by atomic mass is 32.2. The summed E-state index contributed by atoms with van der Waals surface area (Å²) >= 11 is 0. The van der Waals surface area contributed by atoms with Gasteiger partial charge >= 0.3 is 5.97 Å². The molecule has 4 heteroatoms. The van der Waals surface area contributed by atoms with Gasteiger partial charge in [-0.3, -0.25) is 9.00 Å². The van der Waals surface area contributed by atoms with Gasteiger partial charge in [0.25, 0.3) is 0 Å². The van der Waals surface area contributed by atoms with Gasteiger partial charge in [-0.05, 0) is 37.5 Å². The van der Waals surface area contributed by atoms with Gasteiger partial charge in [-0.1, -0.05) is 17.7 Å². The van der Waals surface area contributed by atoms with E-state index in [2.05, 4.69) is 12.1 Å². The topological polar surface area (TPSA) is 54.4 Å². The minimum Gasteiger partial charge on any atom is -0.481 e. The van der Waals surface area contributed by atoms with E-state index in [0.717, 1.165) is 16.7 Å². The Hall–Kier alpha value is -1.16. The molecule has 17 heavy (non-hydrogen) atoms. The van der Waals surface area contributed by atoms with Crippen LogP contribution in [0.4, 0.5) is 0 Å². The van der Waals surface area contributed by atoms with E-state index in [1.807, 2.05) is 20.8 Å². The highest BCUT2D eigenvalue weighted by molar-refractivity contribution is 7.84. The zero-order chi connectivity index (χ0) is 13.0. The second kappa shape index (κ2) is 5.96. The van der Waals surface area contributed by atoms with E-state index in [9.17, 15) is 9.00 Å². The molecule has 0 fully saturated rings. The van der Waals surface area contributed by atoms with Crippen LogP contribution in [-0.2, 0) is 21.3 Å². The number of carboxylic acid groups (broad SMARTS) is 1. The van der Waals surface area contributed by atoms with E-state index in [0.29, 0.717) is 5.75 Å². The Morgan fingerprint density at radius 3 is 2.24 bits per heavy atom. The number of carboxylic acids is 1. The Morgan fingerprint density at radius 2 is 1.76 bits per heavy atom. The maximum atomic E-state index is 11.8.